The summed E-state index contributed by atoms with van der Waals surface area (Å²) in [5.41, 5.74) is 2.98. The van der Waals surface area contributed by atoms with E-state index in [1.807, 2.05) is 13.0 Å². The summed E-state index contributed by atoms with van der Waals surface area (Å²) in [5, 5.41) is 12.3. The van der Waals surface area contributed by atoms with Gasteiger partial charge in [0.2, 0.25) is 0 Å². The van der Waals surface area contributed by atoms with E-state index in [0.29, 0.717) is 11.6 Å². The number of nitrogens with one attached hydrogen (secondary N) is 1. The molecule has 0 aliphatic heterocycles. The lowest BCUT2D eigenvalue weighted by Crippen LogP contribution is -2.08. The van der Waals surface area contributed by atoms with E-state index in [1.165, 1.54) is 11.6 Å². The third kappa shape index (κ3) is 3.41. The van der Waals surface area contributed by atoms with Gasteiger partial charge in [0.05, 0.1) is 5.69 Å². The third-order valence-electron chi connectivity index (χ3n) is 3.60. The Balaban J connectivity index is 2.20. The summed E-state index contributed by atoms with van der Waals surface area (Å²) in [6, 6.07) is 14.9. The number of nitriles is 1. The lowest BCUT2D eigenvalue weighted by Gasteiger charge is -2.17. The molecule has 0 heterocycles. The Labute approximate surface area is 125 Å². The third-order valence-corrected chi connectivity index (χ3v) is 3.60. The summed E-state index contributed by atoms with van der Waals surface area (Å²) < 4.78 is 13.6. The van der Waals surface area contributed by atoms with Gasteiger partial charge in [0, 0.05) is 6.04 Å². The van der Waals surface area contributed by atoms with Gasteiger partial charge in [0.15, 0.2) is 0 Å². The predicted molar refractivity (Wildman–Crippen MR) is 83.7 cm³/mol. The van der Waals surface area contributed by atoms with Gasteiger partial charge in [-0.1, -0.05) is 44.2 Å². The predicted octanol–water partition coefficient (Wildman–Crippen LogP) is 4.99. The second-order valence-corrected chi connectivity index (χ2v) is 5.46. The Morgan fingerprint density at radius 3 is 2.19 bits per heavy atom. The van der Waals surface area contributed by atoms with E-state index in [0.717, 1.165) is 5.56 Å². The summed E-state index contributed by atoms with van der Waals surface area (Å²) >= 11 is 0. The Morgan fingerprint density at radius 1 is 1.00 bits per heavy atom. The van der Waals surface area contributed by atoms with Crippen molar-refractivity contribution in [3.8, 4) is 6.07 Å². The van der Waals surface area contributed by atoms with Crippen LogP contribution in [0.15, 0.2) is 42.5 Å². The van der Waals surface area contributed by atoms with Crippen molar-refractivity contribution in [2.45, 2.75) is 32.7 Å². The van der Waals surface area contributed by atoms with E-state index in [-0.39, 0.29) is 11.6 Å². The Hall–Kier alpha value is -2.34. The molecule has 0 aliphatic rings. The van der Waals surface area contributed by atoms with Crippen LogP contribution >= 0.6 is 0 Å². The van der Waals surface area contributed by atoms with Crippen molar-refractivity contribution in [1.82, 2.24) is 0 Å². The van der Waals surface area contributed by atoms with Gasteiger partial charge in [-0.25, -0.2) is 4.39 Å². The summed E-state index contributed by atoms with van der Waals surface area (Å²) in [7, 11) is 0. The van der Waals surface area contributed by atoms with Crippen molar-refractivity contribution >= 4 is 5.69 Å². The molecule has 0 fully saturated rings. The van der Waals surface area contributed by atoms with Crippen LogP contribution in [0.5, 0.6) is 0 Å². The summed E-state index contributed by atoms with van der Waals surface area (Å²) in [6.45, 7) is 6.31. The molecule has 1 atom stereocenters. The topological polar surface area (TPSA) is 35.8 Å². The molecule has 2 aromatic rings. The van der Waals surface area contributed by atoms with Crippen molar-refractivity contribution in [1.29, 1.82) is 5.26 Å². The van der Waals surface area contributed by atoms with Crippen LogP contribution in [0.4, 0.5) is 10.1 Å². The van der Waals surface area contributed by atoms with Gasteiger partial charge in [0.1, 0.15) is 17.4 Å². The van der Waals surface area contributed by atoms with E-state index in [4.69, 9.17) is 5.26 Å². The van der Waals surface area contributed by atoms with Gasteiger partial charge >= 0.3 is 0 Å². The molecule has 1 N–H and O–H groups in total. The van der Waals surface area contributed by atoms with E-state index in [1.54, 1.807) is 12.1 Å². The minimum atomic E-state index is -0.496. The normalized spacial score (nSPS) is 12.0. The first-order valence-corrected chi connectivity index (χ1v) is 7.08. The fourth-order valence-corrected chi connectivity index (χ4v) is 2.24. The second kappa shape index (κ2) is 6.41. The van der Waals surface area contributed by atoms with E-state index in [2.05, 4.69) is 43.4 Å². The van der Waals surface area contributed by atoms with Crippen LogP contribution in [-0.4, -0.2) is 0 Å². The number of hydrogen-bond donors (Lipinski definition) is 1. The number of hydrogen-bond acceptors (Lipinski definition) is 2. The average Bonchev–Trinajstić information content (AvgIpc) is 2.47. The molecule has 108 valence electrons. The Morgan fingerprint density at radius 2 is 1.62 bits per heavy atom. The van der Waals surface area contributed by atoms with Crippen molar-refractivity contribution in [2.24, 2.45) is 0 Å². The minimum Gasteiger partial charge on any atom is -0.377 e. The number of nitrogens with zero attached hydrogens (tertiary/aromatic N) is 1. The highest BCUT2D eigenvalue weighted by molar-refractivity contribution is 5.58. The molecule has 0 radical (unpaired) electrons. The highest BCUT2D eigenvalue weighted by Crippen LogP contribution is 2.25. The Bertz CT molecular complexity index is 654. The molecule has 2 nitrogen and oxygen atoms in total. The minimum absolute atomic E-state index is 0.000104. The molecule has 0 saturated heterocycles. The van der Waals surface area contributed by atoms with Crippen LogP contribution < -0.4 is 5.32 Å². The lowest BCUT2D eigenvalue weighted by molar-refractivity contribution is 0.624. The van der Waals surface area contributed by atoms with E-state index in [9.17, 15) is 4.39 Å². The monoisotopic (exact) mass is 282 g/mol. The molecule has 2 aromatic carbocycles. The van der Waals surface area contributed by atoms with Gasteiger partial charge in [-0.3, -0.25) is 0 Å². The number of anilines is 1. The SMILES string of the molecule is CC(C)c1ccc(C(C)Nc2cccc(F)c2C#N)cc1. The largest absolute Gasteiger partial charge is 0.377 e. The number of benzene rings is 2. The molecule has 0 spiro atoms. The quantitative estimate of drug-likeness (QED) is 0.857. The van der Waals surface area contributed by atoms with Crippen LogP contribution in [-0.2, 0) is 0 Å². The molecule has 0 bridgehead atoms. The zero-order chi connectivity index (χ0) is 15.4. The maximum Gasteiger partial charge on any atom is 0.143 e. The van der Waals surface area contributed by atoms with Gasteiger partial charge in [0.25, 0.3) is 0 Å². The highest BCUT2D eigenvalue weighted by Gasteiger charge is 2.11. The number of halogens is 1. The lowest BCUT2D eigenvalue weighted by atomic mass is 9.99. The molecule has 0 aliphatic carbocycles. The van der Waals surface area contributed by atoms with Crippen LogP contribution in [0, 0.1) is 17.1 Å². The van der Waals surface area contributed by atoms with Crippen molar-refractivity contribution in [3.05, 3.63) is 65.0 Å². The molecule has 1 unspecified atom stereocenters. The van der Waals surface area contributed by atoms with Gasteiger partial charge < -0.3 is 5.32 Å². The summed E-state index contributed by atoms with van der Waals surface area (Å²) in [4.78, 5) is 0. The maximum absolute atomic E-state index is 13.6. The molecular formula is C18H19FN2. The molecule has 0 saturated carbocycles. The molecule has 0 amide bonds. The van der Waals surface area contributed by atoms with Crippen molar-refractivity contribution in [2.75, 3.05) is 5.32 Å². The summed E-state index contributed by atoms with van der Waals surface area (Å²) in [5.74, 6) is 0.000539. The van der Waals surface area contributed by atoms with Crippen LogP contribution in [0.1, 0.15) is 49.4 Å². The zero-order valence-corrected chi connectivity index (χ0v) is 12.5. The molecule has 2 rings (SSSR count). The van der Waals surface area contributed by atoms with Crippen LogP contribution in [0.3, 0.4) is 0 Å². The smallest absolute Gasteiger partial charge is 0.143 e. The van der Waals surface area contributed by atoms with Crippen molar-refractivity contribution < 1.29 is 4.39 Å². The zero-order valence-electron chi connectivity index (χ0n) is 12.5. The first-order chi connectivity index (χ1) is 10.0. The molecule has 21 heavy (non-hydrogen) atoms. The van der Waals surface area contributed by atoms with Crippen molar-refractivity contribution in [3.63, 3.8) is 0 Å². The fraction of sp³-hybridized carbons (Fsp3) is 0.278. The van der Waals surface area contributed by atoms with E-state index < -0.39 is 5.82 Å². The van der Waals surface area contributed by atoms with Gasteiger partial charge in [-0.2, -0.15) is 5.26 Å². The first kappa shape index (κ1) is 15.1. The summed E-state index contributed by atoms with van der Waals surface area (Å²) in [6.07, 6.45) is 0. The molecule has 3 heteroatoms. The van der Waals surface area contributed by atoms with Gasteiger partial charge in [-0.05, 0) is 36.1 Å². The average molecular weight is 282 g/mol. The van der Waals surface area contributed by atoms with E-state index >= 15 is 0 Å². The maximum atomic E-state index is 13.6. The van der Waals surface area contributed by atoms with Gasteiger partial charge in [-0.15, -0.1) is 0 Å². The number of rotatable bonds is 4. The second-order valence-electron chi connectivity index (χ2n) is 5.46. The molecule has 0 aromatic heterocycles. The van der Waals surface area contributed by atoms with Crippen LogP contribution in [0.25, 0.3) is 0 Å². The molecular weight excluding hydrogens is 263 g/mol. The highest BCUT2D eigenvalue weighted by atomic mass is 19.1. The Kier molecular flexibility index (Phi) is 4.59. The standard InChI is InChI=1S/C18H19FN2/c1-12(2)14-7-9-15(10-8-14)13(3)21-18-6-4-5-17(19)16(18)11-20/h4-10,12-13,21H,1-3H3. The first-order valence-electron chi connectivity index (χ1n) is 7.08. The fourth-order valence-electron chi connectivity index (χ4n) is 2.24. The van der Waals surface area contributed by atoms with Crippen LogP contribution in [0.2, 0.25) is 0 Å².